The first-order valence-corrected chi connectivity index (χ1v) is 5.80. The Bertz CT molecular complexity index is 591. The number of benzene rings is 1. The fraction of sp³-hybridized carbons (Fsp3) is 0.143. The lowest BCUT2D eigenvalue weighted by Crippen LogP contribution is -2.23. The summed E-state index contributed by atoms with van der Waals surface area (Å²) in [6.07, 6.45) is 5.17. The van der Waals surface area contributed by atoms with Crippen LogP contribution in [0, 0.1) is 0 Å². The molecule has 1 aromatic carbocycles. The van der Waals surface area contributed by atoms with Crippen LogP contribution in [0.3, 0.4) is 0 Å². The summed E-state index contributed by atoms with van der Waals surface area (Å²) < 4.78 is 9.90. The molecule has 0 spiro atoms. The van der Waals surface area contributed by atoms with Crippen molar-refractivity contribution in [2.45, 2.75) is 0 Å². The monoisotopic (exact) mass is 275 g/mol. The average Bonchev–Trinajstić information content (AvgIpc) is 2.47. The Kier molecular flexibility index (Phi) is 4.05. The predicted octanol–water partition coefficient (Wildman–Crippen LogP) is 1.48. The quantitative estimate of drug-likeness (QED) is 0.662. The second-order valence-electron chi connectivity index (χ2n) is 4.03. The van der Waals surface area contributed by atoms with Gasteiger partial charge in [-0.05, 0) is 18.2 Å². The Morgan fingerprint density at radius 3 is 3.00 bits per heavy atom. The van der Waals surface area contributed by atoms with E-state index in [0.29, 0.717) is 23.2 Å². The first kappa shape index (κ1) is 13.7. The van der Waals surface area contributed by atoms with Crippen molar-refractivity contribution < 1.29 is 24.2 Å². The van der Waals surface area contributed by atoms with Gasteiger partial charge in [-0.15, -0.1) is 0 Å². The van der Waals surface area contributed by atoms with Crippen LogP contribution in [0.5, 0.6) is 5.75 Å². The minimum absolute atomic E-state index is 0.0178. The first-order chi connectivity index (χ1) is 9.63. The van der Waals surface area contributed by atoms with Gasteiger partial charge in [-0.3, -0.25) is 9.59 Å². The number of methoxy groups -OCH3 is 1. The summed E-state index contributed by atoms with van der Waals surface area (Å²) >= 11 is 0. The normalized spacial score (nSPS) is 13.4. The lowest BCUT2D eigenvalue weighted by Gasteiger charge is -2.21. The Labute approximate surface area is 115 Å². The highest BCUT2D eigenvalue weighted by Crippen LogP contribution is 2.26. The highest BCUT2D eigenvalue weighted by molar-refractivity contribution is 5.85. The molecule has 1 heterocycles. The van der Waals surface area contributed by atoms with Crippen LogP contribution in [-0.4, -0.2) is 35.9 Å². The molecule has 0 saturated carbocycles. The van der Waals surface area contributed by atoms with E-state index in [2.05, 4.69) is 4.74 Å². The summed E-state index contributed by atoms with van der Waals surface area (Å²) in [4.78, 5) is 23.8. The number of nitrogens with zero attached hydrogens (tertiary/aromatic N) is 1. The van der Waals surface area contributed by atoms with Gasteiger partial charge in [0, 0.05) is 23.5 Å². The number of hydrogen-bond donors (Lipinski definition) is 1. The number of carbonyl (C=O) groups excluding carboxylic acids is 2. The molecule has 6 nitrogen and oxygen atoms in total. The third-order valence-corrected chi connectivity index (χ3v) is 2.70. The van der Waals surface area contributed by atoms with Crippen molar-refractivity contribution in [2.24, 2.45) is 0 Å². The van der Waals surface area contributed by atoms with E-state index in [4.69, 9.17) is 4.74 Å². The maximum absolute atomic E-state index is 11.2. The molecule has 0 aromatic heterocycles. The van der Waals surface area contributed by atoms with Gasteiger partial charge in [0.15, 0.2) is 12.0 Å². The summed E-state index contributed by atoms with van der Waals surface area (Å²) in [5.74, 6) is -0.0303. The van der Waals surface area contributed by atoms with Crippen LogP contribution in [0.4, 0.5) is 0 Å². The Morgan fingerprint density at radius 2 is 2.30 bits per heavy atom. The highest BCUT2D eigenvalue weighted by atomic mass is 16.5. The molecule has 0 radical (unpaired) electrons. The summed E-state index contributed by atoms with van der Waals surface area (Å²) in [7, 11) is 1.30. The molecular formula is C14H13NO5. The molecule has 0 unspecified atom stereocenters. The maximum atomic E-state index is 11.2. The summed E-state index contributed by atoms with van der Waals surface area (Å²) in [5, 5.41) is 9.51. The molecule has 104 valence electrons. The fourth-order valence-corrected chi connectivity index (χ4v) is 1.71. The van der Waals surface area contributed by atoms with Crippen molar-refractivity contribution in [3.8, 4) is 5.75 Å². The standard InChI is InChI=1S/C14H13NO5/c1-19-14(18)8-15-4-5-20-13(7-15)12-6-11(17)3-2-10(12)9-16/h2-7,9,17H,8H2,1H3. The van der Waals surface area contributed by atoms with Gasteiger partial charge in [0.2, 0.25) is 0 Å². The molecule has 1 N–H and O–H groups in total. The number of ether oxygens (including phenoxy) is 2. The Balaban J connectivity index is 2.30. The third-order valence-electron chi connectivity index (χ3n) is 2.70. The van der Waals surface area contributed by atoms with E-state index in [9.17, 15) is 14.7 Å². The summed E-state index contributed by atoms with van der Waals surface area (Å²) in [5.41, 5.74) is 0.821. The molecule has 0 aliphatic carbocycles. The first-order valence-electron chi connectivity index (χ1n) is 5.80. The molecule has 1 aliphatic heterocycles. The molecular weight excluding hydrogens is 262 g/mol. The van der Waals surface area contributed by atoms with E-state index in [-0.39, 0.29) is 12.3 Å². The largest absolute Gasteiger partial charge is 0.508 e. The second-order valence-corrected chi connectivity index (χ2v) is 4.03. The number of esters is 1. The molecule has 0 atom stereocenters. The maximum Gasteiger partial charge on any atom is 0.325 e. The predicted molar refractivity (Wildman–Crippen MR) is 70.4 cm³/mol. The Morgan fingerprint density at radius 1 is 1.50 bits per heavy atom. The minimum Gasteiger partial charge on any atom is -0.508 e. The lowest BCUT2D eigenvalue weighted by molar-refractivity contribution is -0.140. The Hall–Kier alpha value is -2.76. The molecule has 1 aromatic rings. The van der Waals surface area contributed by atoms with Crippen LogP contribution in [0.15, 0.2) is 36.9 Å². The van der Waals surface area contributed by atoms with E-state index in [1.807, 2.05) is 0 Å². The molecule has 20 heavy (non-hydrogen) atoms. The number of carbonyl (C=O) groups is 2. The van der Waals surface area contributed by atoms with Crippen LogP contribution in [0.2, 0.25) is 0 Å². The van der Waals surface area contributed by atoms with Crippen molar-refractivity contribution >= 4 is 18.0 Å². The van der Waals surface area contributed by atoms with Crippen LogP contribution >= 0.6 is 0 Å². The zero-order valence-electron chi connectivity index (χ0n) is 10.8. The van der Waals surface area contributed by atoms with Crippen LogP contribution in [0.1, 0.15) is 15.9 Å². The van der Waals surface area contributed by atoms with Crippen molar-refractivity contribution in [1.82, 2.24) is 4.90 Å². The molecule has 0 fully saturated rings. The van der Waals surface area contributed by atoms with E-state index in [1.54, 1.807) is 17.3 Å². The van der Waals surface area contributed by atoms with Crippen molar-refractivity contribution in [3.63, 3.8) is 0 Å². The zero-order valence-corrected chi connectivity index (χ0v) is 10.8. The number of phenolic OH excluding ortho intramolecular Hbond substituents is 1. The zero-order chi connectivity index (χ0) is 14.5. The van der Waals surface area contributed by atoms with Gasteiger partial charge in [0.1, 0.15) is 18.6 Å². The van der Waals surface area contributed by atoms with Gasteiger partial charge in [-0.25, -0.2) is 0 Å². The number of aldehydes is 1. The van der Waals surface area contributed by atoms with Crippen LogP contribution in [-0.2, 0) is 14.3 Å². The van der Waals surface area contributed by atoms with Crippen molar-refractivity contribution in [1.29, 1.82) is 0 Å². The van der Waals surface area contributed by atoms with Gasteiger partial charge in [-0.2, -0.15) is 0 Å². The van der Waals surface area contributed by atoms with Crippen molar-refractivity contribution in [2.75, 3.05) is 13.7 Å². The lowest BCUT2D eigenvalue weighted by atomic mass is 10.1. The summed E-state index contributed by atoms with van der Waals surface area (Å²) in [6.45, 7) is 0.0229. The van der Waals surface area contributed by atoms with Gasteiger partial charge >= 0.3 is 5.97 Å². The van der Waals surface area contributed by atoms with Crippen LogP contribution in [0.25, 0.3) is 5.76 Å². The highest BCUT2D eigenvalue weighted by Gasteiger charge is 2.15. The number of phenols is 1. The van der Waals surface area contributed by atoms with E-state index in [1.165, 1.54) is 31.6 Å². The topological polar surface area (TPSA) is 76.1 Å². The third kappa shape index (κ3) is 2.97. The molecule has 0 amide bonds. The average molecular weight is 275 g/mol. The SMILES string of the molecule is COC(=O)CN1C=COC(c2cc(O)ccc2C=O)=C1. The molecule has 0 saturated heterocycles. The smallest absolute Gasteiger partial charge is 0.325 e. The number of hydrogen-bond acceptors (Lipinski definition) is 6. The van der Waals surface area contributed by atoms with E-state index >= 15 is 0 Å². The summed E-state index contributed by atoms with van der Waals surface area (Å²) in [6, 6.07) is 4.33. The molecule has 2 rings (SSSR count). The fourth-order valence-electron chi connectivity index (χ4n) is 1.71. The minimum atomic E-state index is -0.404. The second kappa shape index (κ2) is 5.92. The van der Waals surface area contributed by atoms with Gasteiger partial charge in [0.25, 0.3) is 0 Å². The number of rotatable bonds is 4. The van der Waals surface area contributed by atoms with E-state index in [0.717, 1.165) is 0 Å². The van der Waals surface area contributed by atoms with Gasteiger partial charge in [-0.1, -0.05) is 0 Å². The number of aromatic hydroxyl groups is 1. The van der Waals surface area contributed by atoms with E-state index < -0.39 is 5.97 Å². The van der Waals surface area contributed by atoms with Crippen LogP contribution < -0.4 is 0 Å². The molecule has 6 heteroatoms. The van der Waals surface area contributed by atoms with Crippen molar-refractivity contribution in [3.05, 3.63) is 48.0 Å². The van der Waals surface area contributed by atoms with Gasteiger partial charge < -0.3 is 19.5 Å². The van der Waals surface area contributed by atoms with Gasteiger partial charge in [0.05, 0.1) is 7.11 Å². The molecule has 0 bridgehead atoms. The molecule has 1 aliphatic rings.